The molecule has 1 heterocycles. The molecule has 3 rings (SSSR count). The van der Waals surface area contributed by atoms with Crippen molar-refractivity contribution in [3.05, 3.63) is 48.3 Å². The van der Waals surface area contributed by atoms with Crippen molar-refractivity contribution in [3.63, 3.8) is 0 Å². The average Bonchev–Trinajstić information content (AvgIpc) is 2.83. The predicted molar refractivity (Wildman–Crippen MR) is 70.3 cm³/mol. The third kappa shape index (κ3) is 2.76. The van der Waals surface area contributed by atoms with Crippen molar-refractivity contribution in [2.24, 2.45) is 0 Å². The van der Waals surface area contributed by atoms with Crippen LogP contribution in [0.15, 0.2) is 47.0 Å². The topological polar surface area (TPSA) is 47.3 Å². The number of nitrogens with zero attached hydrogens (tertiary/aromatic N) is 1. The molecule has 0 aliphatic carbocycles. The van der Waals surface area contributed by atoms with Gasteiger partial charge in [-0.05, 0) is 24.3 Å². The highest BCUT2D eigenvalue weighted by Crippen LogP contribution is 2.28. The maximum absolute atomic E-state index is 13.5. The van der Waals surface area contributed by atoms with Gasteiger partial charge in [0.1, 0.15) is 5.75 Å². The van der Waals surface area contributed by atoms with Gasteiger partial charge in [-0.25, -0.2) is 4.39 Å². The summed E-state index contributed by atoms with van der Waals surface area (Å²) in [4.78, 5) is 0. The molecule has 0 saturated heterocycles. The Kier molecular flexibility index (Phi) is 3.39. The van der Waals surface area contributed by atoms with Crippen molar-refractivity contribution in [1.29, 1.82) is 0 Å². The van der Waals surface area contributed by atoms with Gasteiger partial charge in [-0.15, -0.1) is 0 Å². The van der Waals surface area contributed by atoms with Gasteiger partial charge in [0.2, 0.25) is 5.58 Å². The second-order valence-corrected chi connectivity index (χ2v) is 4.18. The van der Waals surface area contributed by atoms with Crippen LogP contribution in [0.25, 0.3) is 11.0 Å². The van der Waals surface area contributed by atoms with Crippen molar-refractivity contribution in [2.45, 2.75) is 6.61 Å². The molecule has 2 aromatic carbocycles. The van der Waals surface area contributed by atoms with E-state index >= 15 is 0 Å². The Morgan fingerprint density at radius 1 is 1.14 bits per heavy atom. The minimum absolute atomic E-state index is 0.00832. The number of anilines is 2. The summed E-state index contributed by atoms with van der Waals surface area (Å²) in [6.45, 7) is -2.90. The summed E-state index contributed by atoms with van der Waals surface area (Å²) < 4.78 is 47.0. The Balaban J connectivity index is 1.90. The SMILES string of the molecule is Fc1cccc2c(Nc3cccc(OC(F)F)c3)noc12. The molecule has 7 heteroatoms. The Morgan fingerprint density at radius 2 is 1.95 bits per heavy atom. The molecule has 0 radical (unpaired) electrons. The van der Waals surface area contributed by atoms with Gasteiger partial charge < -0.3 is 14.6 Å². The fraction of sp³-hybridized carbons (Fsp3) is 0.0714. The third-order valence-electron chi connectivity index (χ3n) is 2.77. The molecule has 0 atom stereocenters. The van der Waals surface area contributed by atoms with E-state index in [2.05, 4.69) is 15.2 Å². The van der Waals surface area contributed by atoms with Crippen molar-refractivity contribution in [2.75, 3.05) is 5.32 Å². The molecule has 3 aromatic rings. The summed E-state index contributed by atoms with van der Waals surface area (Å²) in [6.07, 6.45) is 0. The maximum Gasteiger partial charge on any atom is 0.387 e. The first-order valence-corrected chi connectivity index (χ1v) is 5.99. The van der Waals surface area contributed by atoms with E-state index in [-0.39, 0.29) is 11.3 Å². The zero-order valence-corrected chi connectivity index (χ0v) is 10.5. The van der Waals surface area contributed by atoms with Crippen LogP contribution in [0.4, 0.5) is 24.7 Å². The lowest BCUT2D eigenvalue weighted by atomic mass is 10.2. The van der Waals surface area contributed by atoms with E-state index in [0.717, 1.165) is 0 Å². The van der Waals surface area contributed by atoms with E-state index in [0.29, 0.717) is 16.9 Å². The molecule has 0 fully saturated rings. The normalized spacial score (nSPS) is 11.0. The van der Waals surface area contributed by atoms with Crippen LogP contribution in [0.3, 0.4) is 0 Å². The van der Waals surface area contributed by atoms with E-state index in [9.17, 15) is 13.2 Å². The minimum Gasteiger partial charge on any atom is -0.435 e. The lowest BCUT2D eigenvalue weighted by Gasteiger charge is -2.07. The molecular formula is C14H9F3N2O2. The summed E-state index contributed by atoms with van der Waals surface area (Å²) >= 11 is 0. The van der Waals surface area contributed by atoms with E-state index in [1.54, 1.807) is 18.2 Å². The van der Waals surface area contributed by atoms with Crippen molar-refractivity contribution in [3.8, 4) is 5.75 Å². The number of rotatable bonds is 4. The number of hydrogen-bond acceptors (Lipinski definition) is 4. The molecule has 4 nitrogen and oxygen atoms in total. The number of benzene rings is 2. The number of nitrogens with one attached hydrogen (secondary N) is 1. The lowest BCUT2D eigenvalue weighted by Crippen LogP contribution is -2.02. The van der Waals surface area contributed by atoms with Gasteiger partial charge in [0, 0.05) is 11.8 Å². The largest absolute Gasteiger partial charge is 0.435 e. The molecule has 21 heavy (non-hydrogen) atoms. The molecule has 1 N–H and O–H groups in total. The van der Waals surface area contributed by atoms with Crippen LogP contribution in [-0.4, -0.2) is 11.8 Å². The highest BCUT2D eigenvalue weighted by atomic mass is 19.3. The van der Waals surface area contributed by atoms with Crippen molar-refractivity contribution in [1.82, 2.24) is 5.16 Å². The lowest BCUT2D eigenvalue weighted by molar-refractivity contribution is -0.0497. The van der Waals surface area contributed by atoms with Gasteiger partial charge in [0.25, 0.3) is 0 Å². The zero-order chi connectivity index (χ0) is 14.8. The van der Waals surface area contributed by atoms with Crippen LogP contribution < -0.4 is 10.1 Å². The predicted octanol–water partition coefficient (Wildman–Crippen LogP) is 4.31. The van der Waals surface area contributed by atoms with Crippen LogP contribution in [-0.2, 0) is 0 Å². The highest BCUT2D eigenvalue weighted by molar-refractivity contribution is 5.90. The number of ether oxygens (including phenoxy) is 1. The van der Waals surface area contributed by atoms with Gasteiger partial charge in [-0.3, -0.25) is 0 Å². The summed E-state index contributed by atoms with van der Waals surface area (Å²) in [5.74, 6) is -0.226. The number of fused-ring (bicyclic) bond motifs is 1. The molecule has 0 amide bonds. The number of para-hydroxylation sites is 1. The first-order valence-electron chi connectivity index (χ1n) is 5.99. The maximum atomic E-state index is 13.5. The standard InChI is InChI=1S/C14H9F3N2O2/c15-11-6-2-5-10-12(11)21-19-13(10)18-8-3-1-4-9(7-8)20-14(16)17/h1-7,14H,(H,18,19). The third-order valence-corrected chi connectivity index (χ3v) is 2.77. The Labute approximate surface area is 117 Å². The summed E-state index contributed by atoms with van der Waals surface area (Å²) in [6, 6.07) is 10.4. The van der Waals surface area contributed by atoms with E-state index in [1.165, 1.54) is 24.3 Å². The van der Waals surface area contributed by atoms with Gasteiger partial charge >= 0.3 is 6.61 Å². The molecule has 108 valence electrons. The fourth-order valence-electron chi connectivity index (χ4n) is 1.91. The Hall–Kier alpha value is -2.70. The highest BCUT2D eigenvalue weighted by Gasteiger charge is 2.12. The molecular weight excluding hydrogens is 285 g/mol. The molecule has 1 aromatic heterocycles. The van der Waals surface area contributed by atoms with Crippen molar-refractivity contribution < 1.29 is 22.4 Å². The van der Waals surface area contributed by atoms with Crippen LogP contribution in [0.1, 0.15) is 0 Å². The molecule has 0 aliphatic heterocycles. The smallest absolute Gasteiger partial charge is 0.387 e. The van der Waals surface area contributed by atoms with E-state index in [4.69, 9.17) is 4.52 Å². The summed E-state index contributed by atoms with van der Waals surface area (Å²) in [5, 5.41) is 7.05. The fourth-order valence-corrected chi connectivity index (χ4v) is 1.91. The monoisotopic (exact) mass is 294 g/mol. The Bertz CT molecular complexity index is 774. The first kappa shape index (κ1) is 13.3. The zero-order valence-electron chi connectivity index (χ0n) is 10.5. The number of hydrogen-bond donors (Lipinski definition) is 1. The molecule has 0 spiro atoms. The number of aromatic nitrogens is 1. The van der Waals surface area contributed by atoms with Gasteiger partial charge in [0.05, 0.1) is 5.39 Å². The van der Waals surface area contributed by atoms with E-state index in [1.807, 2.05) is 0 Å². The van der Waals surface area contributed by atoms with Gasteiger partial charge in [0.15, 0.2) is 11.6 Å². The van der Waals surface area contributed by atoms with Gasteiger partial charge in [-0.2, -0.15) is 8.78 Å². The first-order chi connectivity index (χ1) is 10.1. The second kappa shape index (κ2) is 5.35. The number of alkyl halides is 2. The summed E-state index contributed by atoms with van der Waals surface area (Å²) in [7, 11) is 0. The number of halogens is 3. The van der Waals surface area contributed by atoms with Crippen LogP contribution >= 0.6 is 0 Å². The second-order valence-electron chi connectivity index (χ2n) is 4.18. The minimum atomic E-state index is -2.90. The molecule has 0 bridgehead atoms. The average molecular weight is 294 g/mol. The van der Waals surface area contributed by atoms with Crippen molar-refractivity contribution >= 4 is 22.5 Å². The Morgan fingerprint density at radius 3 is 2.76 bits per heavy atom. The van der Waals surface area contributed by atoms with Gasteiger partial charge in [-0.1, -0.05) is 17.3 Å². The molecule has 0 aliphatic rings. The summed E-state index contributed by atoms with van der Waals surface area (Å²) in [5.41, 5.74) is 0.493. The molecule has 0 saturated carbocycles. The van der Waals surface area contributed by atoms with Crippen LogP contribution in [0, 0.1) is 5.82 Å². The molecule has 0 unspecified atom stereocenters. The van der Waals surface area contributed by atoms with Crippen LogP contribution in [0.2, 0.25) is 0 Å². The van der Waals surface area contributed by atoms with E-state index < -0.39 is 12.4 Å². The quantitative estimate of drug-likeness (QED) is 0.778. The van der Waals surface area contributed by atoms with Crippen LogP contribution in [0.5, 0.6) is 5.75 Å².